The highest BCUT2D eigenvalue weighted by molar-refractivity contribution is 7.89. The first-order valence-electron chi connectivity index (χ1n) is 7.80. The summed E-state index contributed by atoms with van der Waals surface area (Å²) >= 11 is 0. The van der Waals surface area contributed by atoms with Gasteiger partial charge in [-0.25, -0.2) is 13.1 Å². The van der Waals surface area contributed by atoms with E-state index in [9.17, 15) is 13.2 Å². The third kappa shape index (κ3) is 5.05. The number of carbonyl (C=O) groups is 1. The maximum Gasteiger partial charge on any atom is 0.223 e. The summed E-state index contributed by atoms with van der Waals surface area (Å²) in [6, 6.07) is 0.310. The third-order valence-corrected chi connectivity index (χ3v) is 5.60. The van der Waals surface area contributed by atoms with E-state index in [0.717, 1.165) is 38.5 Å². The molecule has 0 radical (unpaired) electrons. The van der Waals surface area contributed by atoms with Gasteiger partial charge in [0.05, 0.1) is 5.75 Å². The Morgan fingerprint density at radius 2 is 1.90 bits per heavy atom. The van der Waals surface area contributed by atoms with E-state index in [4.69, 9.17) is 0 Å². The van der Waals surface area contributed by atoms with Crippen molar-refractivity contribution in [1.29, 1.82) is 0 Å². The Kier molecular flexibility index (Phi) is 5.43. The molecule has 0 aromatic heterocycles. The molecule has 2 fully saturated rings. The van der Waals surface area contributed by atoms with Crippen LogP contribution in [0, 0.1) is 5.92 Å². The number of hydrogen-bond donors (Lipinski definition) is 2. The van der Waals surface area contributed by atoms with Gasteiger partial charge >= 0.3 is 0 Å². The second-order valence-corrected chi connectivity index (χ2v) is 8.01. The molecule has 2 saturated carbocycles. The van der Waals surface area contributed by atoms with Crippen molar-refractivity contribution < 1.29 is 13.2 Å². The van der Waals surface area contributed by atoms with Gasteiger partial charge in [0.2, 0.25) is 15.9 Å². The van der Waals surface area contributed by atoms with E-state index >= 15 is 0 Å². The average molecular weight is 302 g/mol. The van der Waals surface area contributed by atoms with Crippen molar-refractivity contribution in [2.75, 3.05) is 5.75 Å². The minimum atomic E-state index is -3.18. The lowest BCUT2D eigenvalue weighted by molar-refractivity contribution is -0.126. The van der Waals surface area contributed by atoms with Gasteiger partial charge in [0.1, 0.15) is 0 Å². The second kappa shape index (κ2) is 6.89. The minimum absolute atomic E-state index is 0.0248. The fraction of sp³-hybridized carbons (Fsp3) is 0.929. The Morgan fingerprint density at radius 3 is 2.55 bits per heavy atom. The van der Waals surface area contributed by atoms with Crippen LogP contribution < -0.4 is 10.0 Å². The maximum atomic E-state index is 12.0. The number of unbranched alkanes of at least 4 members (excludes halogenated alkanes) is 1. The van der Waals surface area contributed by atoms with Crippen LogP contribution >= 0.6 is 0 Å². The van der Waals surface area contributed by atoms with Crippen molar-refractivity contribution in [3.05, 3.63) is 0 Å². The molecule has 2 rings (SSSR count). The quantitative estimate of drug-likeness (QED) is 0.749. The highest BCUT2D eigenvalue weighted by Gasteiger charge is 2.32. The lowest BCUT2D eigenvalue weighted by atomic mass is 9.85. The Bertz CT molecular complexity index is 432. The lowest BCUT2D eigenvalue weighted by Gasteiger charge is -2.28. The molecule has 2 aliphatic carbocycles. The summed E-state index contributed by atoms with van der Waals surface area (Å²) in [6.45, 7) is 1.98. The van der Waals surface area contributed by atoms with Gasteiger partial charge in [-0.3, -0.25) is 4.79 Å². The molecule has 6 heteroatoms. The number of amides is 1. The molecule has 2 N–H and O–H groups in total. The van der Waals surface area contributed by atoms with Crippen LogP contribution in [0.1, 0.15) is 58.3 Å². The smallest absolute Gasteiger partial charge is 0.223 e. The molecule has 0 unspecified atom stereocenters. The van der Waals surface area contributed by atoms with E-state index in [1.165, 1.54) is 0 Å². The van der Waals surface area contributed by atoms with Crippen molar-refractivity contribution in [3.63, 3.8) is 0 Å². The van der Waals surface area contributed by atoms with Crippen molar-refractivity contribution in [1.82, 2.24) is 10.0 Å². The summed E-state index contributed by atoms with van der Waals surface area (Å²) in [5.41, 5.74) is 0. The fourth-order valence-electron chi connectivity index (χ4n) is 2.73. The summed E-state index contributed by atoms with van der Waals surface area (Å²) in [5, 5.41) is 3.03. The van der Waals surface area contributed by atoms with Crippen LogP contribution in [-0.2, 0) is 14.8 Å². The molecule has 0 aliphatic heterocycles. The second-order valence-electron chi connectivity index (χ2n) is 6.13. The van der Waals surface area contributed by atoms with Crippen molar-refractivity contribution in [2.45, 2.75) is 70.4 Å². The first-order valence-corrected chi connectivity index (χ1v) is 9.46. The summed E-state index contributed by atoms with van der Waals surface area (Å²) in [6.07, 6.45) is 7.03. The normalized spacial score (nSPS) is 27.2. The predicted octanol–water partition coefficient (Wildman–Crippen LogP) is 1.54. The Hall–Kier alpha value is -0.620. The largest absolute Gasteiger partial charge is 0.353 e. The predicted molar refractivity (Wildman–Crippen MR) is 78.7 cm³/mol. The SMILES string of the molecule is CCCCS(=O)(=O)N[C@@H]1CCC[C@@H](C(=O)NC2CC2)C1. The molecule has 2 aliphatic rings. The molecule has 2 atom stereocenters. The molecule has 0 bridgehead atoms. The first-order chi connectivity index (χ1) is 9.50. The van der Waals surface area contributed by atoms with Crippen molar-refractivity contribution >= 4 is 15.9 Å². The fourth-order valence-corrected chi connectivity index (χ4v) is 4.24. The monoisotopic (exact) mass is 302 g/mol. The van der Waals surface area contributed by atoms with Crippen molar-refractivity contribution in [3.8, 4) is 0 Å². The van der Waals surface area contributed by atoms with Crippen LogP contribution in [0.15, 0.2) is 0 Å². The molecular weight excluding hydrogens is 276 g/mol. The van der Waals surface area contributed by atoms with E-state index in [0.29, 0.717) is 18.9 Å². The van der Waals surface area contributed by atoms with Crippen LogP contribution in [0.2, 0.25) is 0 Å². The highest BCUT2D eigenvalue weighted by atomic mass is 32.2. The number of rotatable bonds is 7. The summed E-state index contributed by atoms with van der Waals surface area (Å²) in [5.74, 6) is 0.284. The molecule has 1 amide bonds. The molecule has 0 aromatic carbocycles. The van der Waals surface area contributed by atoms with Crippen molar-refractivity contribution in [2.24, 2.45) is 5.92 Å². The molecule has 0 spiro atoms. The molecule has 20 heavy (non-hydrogen) atoms. The standard InChI is InChI=1S/C14H26N2O3S/c1-2-3-9-20(18,19)16-13-6-4-5-11(10-13)14(17)15-12-7-8-12/h11-13,16H,2-10H2,1H3,(H,15,17)/t11-,13-/m1/s1. The van der Waals surface area contributed by atoms with E-state index in [2.05, 4.69) is 10.0 Å². The summed E-state index contributed by atoms with van der Waals surface area (Å²) in [7, 11) is -3.18. The highest BCUT2D eigenvalue weighted by Crippen LogP contribution is 2.27. The molecular formula is C14H26N2O3S. The van der Waals surface area contributed by atoms with Crippen LogP contribution in [-0.4, -0.2) is 32.2 Å². The van der Waals surface area contributed by atoms with Crippen LogP contribution in [0.5, 0.6) is 0 Å². The van der Waals surface area contributed by atoms with E-state index in [-0.39, 0.29) is 23.6 Å². The van der Waals surface area contributed by atoms with Gasteiger partial charge in [-0.05, 0) is 38.5 Å². The maximum absolute atomic E-state index is 12.0. The van der Waals surface area contributed by atoms with E-state index in [1.807, 2.05) is 6.92 Å². The number of hydrogen-bond acceptors (Lipinski definition) is 3. The summed E-state index contributed by atoms with van der Waals surface area (Å²) in [4.78, 5) is 12.0. The van der Waals surface area contributed by atoms with Gasteiger partial charge in [0, 0.05) is 18.0 Å². The number of nitrogens with one attached hydrogen (secondary N) is 2. The number of sulfonamides is 1. The zero-order valence-corrected chi connectivity index (χ0v) is 13.0. The van der Waals surface area contributed by atoms with Gasteiger partial charge in [-0.2, -0.15) is 0 Å². The van der Waals surface area contributed by atoms with Crippen LogP contribution in [0.3, 0.4) is 0 Å². The lowest BCUT2D eigenvalue weighted by Crippen LogP contribution is -2.43. The Balaban J connectivity index is 1.81. The van der Waals surface area contributed by atoms with E-state index in [1.54, 1.807) is 0 Å². The minimum Gasteiger partial charge on any atom is -0.353 e. The van der Waals surface area contributed by atoms with Gasteiger partial charge < -0.3 is 5.32 Å². The van der Waals surface area contributed by atoms with Gasteiger partial charge in [-0.1, -0.05) is 19.8 Å². The van der Waals surface area contributed by atoms with Gasteiger partial charge in [0.15, 0.2) is 0 Å². The molecule has 116 valence electrons. The Morgan fingerprint density at radius 1 is 1.15 bits per heavy atom. The Labute approximate surface area is 121 Å². The first kappa shape index (κ1) is 15.8. The number of carbonyl (C=O) groups excluding carboxylic acids is 1. The molecule has 0 aromatic rings. The van der Waals surface area contributed by atoms with Gasteiger partial charge in [0.25, 0.3) is 0 Å². The summed E-state index contributed by atoms with van der Waals surface area (Å²) < 4.78 is 26.6. The van der Waals surface area contributed by atoms with Crippen LogP contribution in [0.25, 0.3) is 0 Å². The molecule has 5 nitrogen and oxygen atoms in total. The zero-order valence-electron chi connectivity index (χ0n) is 12.2. The average Bonchev–Trinajstić information content (AvgIpc) is 3.20. The molecule has 0 saturated heterocycles. The van der Waals surface area contributed by atoms with Gasteiger partial charge in [-0.15, -0.1) is 0 Å². The van der Waals surface area contributed by atoms with Crippen LogP contribution in [0.4, 0.5) is 0 Å². The molecule has 0 heterocycles. The zero-order chi connectivity index (χ0) is 14.6. The topological polar surface area (TPSA) is 75.3 Å². The van der Waals surface area contributed by atoms with E-state index < -0.39 is 10.0 Å². The third-order valence-electron chi connectivity index (χ3n) is 4.08.